The van der Waals surface area contributed by atoms with Crippen LogP contribution in [0.3, 0.4) is 0 Å². The number of benzene rings is 1. The minimum Gasteiger partial charge on any atom is -0.383 e. The fourth-order valence-corrected chi connectivity index (χ4v) is 3.97. The largest absolute Gasteiger partial charge is 0.383 e. The molecule has 1 atom stereocenters. The highest BCUT2D eigenvalue weighted by atomic mass is 16.5. The van der Waals surface area contributed by atoms with Gasteiger partial charge in [0, 0.05) is 51.3 Å². The monoisotopic (exact) mass is 410 g/mol. The summed E-state index contributed by atoms with van der Waals surface area (Å²) < 4.78 is 11.9. The molecule has 1 fully saturated rings. The van der Waals surface area contributed by atoms with E-state index < -0.39 is 0 Å². The number of hydrogen-bond acceptors (Lipinski definition) is 5. The Balaban J connectivity index is 1.79. The summed E-state index contributed by atoms with van der Waals surface area (Å²) in [5, 5.41) is 3.13. The third-order valence-electron chi connectivity index (χ3n) is 5.54. The van der Waals surface area contributed by atoms with Crippen molar-refractivity contribution in [3.8, 4) is 11.1 Å². The summed E-state index contributed by atoms with van der Waals surface area (Å²) in [5.41, 5.74) is 4.73. The molecular formula is C22H26N4O4. The number of ether oxygens (including phenoxy) is 2. The Bertz CT molecular complexity index is 1120. The van der Waals surface area contributed by atoms with Gasteiger partial charge in [-0.1, -0.05) is 29.8 Å². The quantitative estimate of drug-likeness (QED) is 0.644. The highest BCUT2D eigenvalue weighted by Gasteiger charge is 2.32. The lowest BCUT2D eigenvalue weighted by Gasteiger charge is -2.15. The van der Waals surface area contributed by atoms with Gasteiger partial charge in [-0.3, -0.25) is 14.7 Å². The van der Waals surface area contributed by atoms with E-state index >= 15 is 0 Å². The third kappa shape index (κ3) is 3.76. The number of methoxy groups -OCH3 is 2. The number of amides is 1. The molecule has 0 bridgehead atoms. The average molecular weight is 410 g/mol. The molecule has 1 aliphatic rings. The fourth-order valence-electron chi connectivity index (χ4n) is 3.97. The molecule has 0 aliphatic carbocycles. The van der Waals surface area contributed by atoms with Gasteiger partial charge in [0.2, 0.25) is 5.91 Å². The number of nitrogens with zero attached hydrogens (tertiary/aromatic N) is 3. The van der Waals surface area contributed by atoms with Gasteiger partial charge in [0.05, 0.1) is 24.6 Å². The molecule has 1 saturated heterocycles. The molecular weight excluding hydrogens is 384 g/mol. The van der Waals surface area contributed by atoms with Gasteiger partial charge < -0.3 is 14.4 Å². The number of fused-ring (bicyclic) bond motifs is 1. The van der Waals surface area contributed by atoms with E-state index in [0.29, 0.717) is 44.1 Å². The zero-order chi connectivity index (χ0) is 21.3. The first-order valence-electron chi connectivity index (χ1n) is 9.99. The van der Waals surface area contributed by atoms with Gasteiger partial charge in [0.1, 0.15) is 0 Å². The van der Waals surface area contributed by atoms with E-state index in [9.17, 15) is 9.59 Å². The Morgan fingerprint density at radius 1 is 1.17 bits per heavy atom. The van der Waals surface area contributed by atoms with Crippen LogP contribution in [0, 0.1) is 6.92 Å². The molecule has 30 heavy (non-hydrogen) atoms. The van der Waals surface area contributed by atoms with Crippen molar-refractivity contribution in [1.82, 2.24) is 19.5 Å². The summed E-state index contributed by atoms with van der Waals surface area (Å²) in [6.45, 7) is 3.93. The van der Waals surface area contributed by atoms with Crippen LogP contribution in [0.25, 0.3) is 16.8 Å². The first kappa shape index (κ1) is 20.3. The molecule has 0 unspecified atom stereocenters. The number of aryl methyl sites for hydroxylation is 1. The molecule has 2 aromatic heterocycles. The van der Waals surface area contributed by atoms with Crippen molar-refractivity contribution in [2.24, 2.45) is 0 Å². The molecule has 8 nitrogen and oxygen atoms in total. The highest BCUT2D eigenvalue weighted by molar-refractivity contribution is 5.81. The second kappa shape index (κ2) is 8.41. The SMILES string of the molecule is COCCN1C[C@@H](c2cc(=O)n3[nH]c(COC)c(-c4ccc(C)cc4)c3n2)CC1=O. The van der Waals surface area contributed by atoms with Crippen molar-refractivity contribution in [2.45, 2.75) is 25.9 Å². The third-order valence-corrected chi connectivity index (χ3v) is 5.54. The maximum absolute atomic E-state index is 12.9. The van der Waals surface area contributed by atoms with Gasteiger partial charge >= 0.3 is 0 Å². The number of aromatic nitrogens is 3. The van der Waals surface area contributed by atoms with Crippen molar-refractivity contribution in [1.29, 1.82) is 0 Å². The van der Waals surface area contributed by atoms with Crippen LogP contribution in [0.5, 0.6) is 0 Å². The van der Waals surface area contributed by atoms with E-state index in [4.69, 9.17) is 14.5 Å². The lowest BCUT2D eigenvalue weighted by molar-refractivity contribution is -0.128. The molecule has 8 heteroatoms. The number of likely N-dealkylation sites (tertiary alicyclic amines) is 1. The molecule has 1 amide bonds. The first-order valence-corrected chi connectivity index (χ1v) is 9.99. The van der Waals surface area contributed by atoms with Crippen molar-refractivity contribution in [3.63, 3.8) is 0 Å². The van der Waals surface area contributed by atoms with Crippen molar-refractivity contribution >= 4 is 11.6 Å². The van der Waals surface area contributed by atoms with E-state index in [-0.39, 0.29) is 17.4 Å². The Morgan fingerprint density at radius 2 is 1.93 bits per heavy atom. The zero-order valence-electron chi connectivity index (χ0n) is 17.5. The number of H-pyrrole nitrogens is 1. The maximum atomic E-state index is 12.9. The van der Waals surface area contributed by atoms with Crippen LogP contribution in [0.1, 0.15) is 29.3 Å². The van der Waals surface area contributed by atoms with Crippen molar-refractivity contribution in [2.75, 3.05) is 33.9 Å². The smallest absolute Gasteiger partial charge is 0.272 e. The normalized spacial score (nSPS) is 16.7. The number of carbonyl (C=O) groups is 1. The molecule has 1 aliphatic heterocycles. The lowest BCUT2D eigenvalue weighted by atomic mass is 10.0. The van der Waals surface area contributed by atoms with Gasteiger partial charge in [-0.25, -0.2) is 9.50 Å². The van der Waals surface area contributed by atoms with Crippen molar-refractivity contribution in [3.05, 3.63) is 57.6 Å². The summed E-state index contributed by atoms with van der Waals surface area (Å²) in [4.78, 5) is 31.8. The minimum absolute atomic E-state index is 0.0620. The number of hydrogen-bond donors (Lipinski definition) is 1. The van der Waals surface area contributed by atoms with Crippen LogP contribution < -0.4 is 5.56 Å². The predicted molar refractivity (Wildman–Crippen MR) is 113 cm³/mol. The fraction of sp³-hybridized carbons (Fsp3) is 0.409. The van der Waals surface area contributed by atoms with E-state index in [1.54, 1.807) is 19.1 Å². The van der Waals surface area contributed by atoms with E-state index in [1.165, 1.54) is 10.6 Å². The molecule has 158 valence electrons. The number of nitrogens with one attached hydrogen (secondary N) is 1. The van der Waals surface area contributed by atoms with Gasteiger partial charge in [-0.15, -0.1) is 0 Å². The number of carbonyl (C=O) groups excluding carboxylic acids is 1. The zero-order valence-corrected chi connectivity index (χ0v) is 17.5. The molecule has 3 aromatic rings. The van der Waals surface area contributed by atoms with Crippen LogP contribution in [0.2, 0.25) is 0 Å². The molecule has 4 rings (SSSR count). The van der Waals surface area contributed by atoms with E-state index in [1.807, 2.05) is 31.2 Å². The van der Waals surface area contributed by atoms with Crippen LogP contribution in [-0.4, -0.2) is 59.3 Å². The molecule has 0 saturated carbocycles. The molecule has 1 aromatic carbocycles. The predicted octanol–water partition coefficient (Wildman–Crippen LogP) is 2.11. The second-order valence-electron chi connectivity index (χ2n) is 7.68. The first-order chi connectivity index (χ1) is 14.5. The van der Waals surface area contributed by atoms with Crippen LogP contribution in [-0.2, 0) is 20.9 Å². The Kier molecular flexibility index (Phi) is 5.69. The Morgan fingerprint density at radius 3 is 2.63 bits per heavy atom. The molecule has 1 N–H and O–H groups in total. The molecule has 3 heterocycles. The second-order valence-corrected chi connectivity index (χ2v) is 7.68. The number of aromatic amines is 1. The summed E-state index contributed by atoms with van der Waals surface area (Å²) >= 11 is 0. The van der Waals surface area contributed by atoms with Crippen LogP contribution in [0.4, 0.5) is 0 Å². The van der Waals surface area contributed by atoms with Crippen LogP contribution >= 0.6 is 0 Å². The van der Waals surface area contributed by atoms with E-state index in [0.717, 1.165) is 22.4 Å². The minimum atomic E-state index is -0.200. The topological polar surface area (TPSA) is 88.9 Å². The molecule has 0 radical (unpaired) electrons. The summed E-state index contributed by atoms with van der Waals surface area (Å²) in [7, 11) is 3.23. The van der Waals surface area contributed by atoms with Gasteiger partial charge in [0.15, 0.2) is 5.65 Å². The summed E-state index contributed by atoms with van der Waals surface area (Å²) in [6.07, 6.45) is 0.349. The Labute approximate surface area is 174 Å². The van der Waals surface area contributed by atoms with Gasteiger partial charge in [-0.05, 0) is 12.5 Å². The van der Waals surface area contributed by atoms with Gasteiger partial charge in [0.25, 0.3) is 5.56 Å². The van der Waals surface area contributed by atoms with E-state index in [2.05, 4.69) is 5.10 Å². The standard InChI is InChI=1S/C22H26N4O4/c1-14-4-6-15(7-5-14)21-18(13-30-3)24-26-20(28)11-17(23-22(21)26)16-10-19(27)25(12-16)8-9-29-2/h4-7,11,16,24H,8-10,12-13H2,1-3H3/t16-/m0/s1. The van der Waals surface area contributed by atoms with Crippen molar-refractivity contribution < 1.29 is 14.3 Å². The average Bonchev–Trinajstić information content (AvgIpc) is 3.28. The summed E-state index contributed by atoms with van der Waals surface area (Å²) in [6, 6.07) is 9.61. The van der Waals surface area contributed by atoms with Gasteiger partial charge in [-0.2, -0.15) is 0 Å². The summed E-state index contributed by atoms with van der Waals surface area (Å²) in [5.74, 6) is -0.0503. The highest BCUT2D eigenvalue weighted by Crippen LogP contribution is 2.31. The maximum Gasteiger partial charge on any atom is 0.272 e. The molecule has 0 spiro atoms. The number of rotatable bonds is 7. The lowest BCUT2D eigenvalue weighted by Crippen LogP contribution is -2.28. The Hall–Kier alpha value is -2.97. The van der Waals surface area contributed by atoms with Crippen LogP contribution in [0.15, 0.2) is 35.1 Å².